The highest BCUT2D eigenvalue weighted by molar-refractivity contribution is 5.73. The van der Waals surface area contributed by atoms with Crippen LogP contribution in [0.1, 0.15) is 30.5 Å². The third-order valence-corrected chi connectivity index (χ3v) is 3.74. The van der Waals surface area contributed by atoms with Crippen molar-refractivity contribution in [1.29, 1.82) is 0 Å². The number of hydrogen-bond acceptors (Lipinski definition) is 5. The summed E-state index contributed by atoms with van der Waals surface area (Å²) in [5.74, 6) is 0. The molecule has 0 unspecified atom stereocenters. The number of benzene rings is 1. The van der Waals surface area contributed by atoms with Gasteiger partial charge in [-0.05, 0) is 53.1 Å². The van der Waals surface area contributed by atoms with Crippen molar-refractivity contribution in [2.45, 2.75) is 25.9 Å². The van der Waals surface area contributed by atoms with Gasteiger partial charge in [-0.1, -0.05) is 19.1 Å². The summed E-state index contributed by atoms with van der Waals surface area (Å²) in [5.41, 5.74) is 4.03. The Morgan fingerprint density at radius 3 is 2.81 bits per heavy atom. The number of rotatable bonds is 5. The van der Waals surface area contributed by atoms with Crippen molar-refractivity contribution in [3.8, 4) is 0 Å². The minimum atomic E-state index is 0.352. The lowest BCUT2D eigenvalue weighted by atomic mass is 10.0. The second-order valence-electron chi connectivity index (χ2n) is 5.21. The molecule has 21 heavy (non-hydrogen) atoms. The van der Waals surface area contributed by atoms with E-state index in [1.165, 1.54) is 11.1 Å². The molecule has 2 heterocycles. The maximum absolute atomic E-state index is 4.74. The van der Waals surface area contributed by atoms with Gasteiger partial charge in [-0.2, -0.15) is 0 Å². The van der Waals surface area contributed by atoms with E-state index in [0.29, 0.717) is 6.04 Å². The van der Waals surface area contributed by atoms with Crippen LogP contribution in [0.2, 0.25) is 0 Å². The first-order valence-corrected chi connectivity index (χ1v) is 7.09. The zero-order valence-electron chi connectivity index (χ0n) is 12.2. The molecule has 108 valence electrons. The van der Waals surface area contributed by atoms with E-state index in [1.54, 1.807) is 0 Å². The van der Waals surface area contributed by atoms with Gasteiger partial charge in [0.25, 0.3) is 0 Å². The average Bonchev–Trinajstić information content (AvgIpc) is 2.96. The third-order valence-electron chi connectivity index (χ3n) is 3.74. The highest BCUT2D eigenvalue weighted by Crippen LogP contribution is 2.24. The van der Waals surface area contributed by atoms with Crippen LogP contribution in [0.5, 0.6) is 0 Å². The van der Waals surface area contributed by atoms with Crippen molar-refractivity contribution in [3.63, 3.8) is 0 Å². The summed E-state index contributed by atoms with van der Waals surface area (Å²) in [6.07, 6.45) is 4.78. The molecule has 3 aromatic rings. The normalized spacial score (nSPS) is 12.9. The fourth-order valence-electron chi connectivity index (χ4n) is 2.70. The summed E-state index contributed by atoms with van der Waals surface area (Å²) in [6, 6.07) is 10.5. The molecular formula is C16H18N4O. The zero-order valence-corrected chi connectivity index (χ0v) is 12.2. The van der Waals surface area contributed by atoms with Gasteiger partial charge in [0.1, 0.15) is 11.0 Å². The van der Waals surface area contributed by atoms with Gasteiger partial charge in [0.05, 0.1) is 0 Å². The van der Waals surface area contributed by atoms with E-state index in [4.69, 9.17) is 4.63 Å². The van der Waals surface area contributed by atoms with Gasteiger partial charge in [0.15, 0.2) is 0 Å². The Hall–Kier alpha value is -2.27. The van der Waals surface area contributed by atoms with E-state index in [9.17, 15) is 0 Å². The number of pyridine rings is 1. The van der Waals surface area contributed by atoms with Gasteiger partial charge in [0.2, 0.25) is 0 Å². The molecule has 0 spiro atoms. The molecule has 5 heteroatoms. The lowest BCUT2D eigenvalue weighted by Gasteiger charge is -2.27. The molecule has 0 saturated carbocycles. The molecule has 0 aliphatic rings. The summed E-state index contributed by atoms with van der Waals surface area (Å²) in [4.78, 5) is 6.54. The van der Waals surface area contributed by atoms with Crippen molar-refractivity contribution in [2.24, 2.45) is 0 Å². The van der Waals surface area contributed by atoms with Crippen LogP contribution in [0.3, 0.4) is 0 Å². The molecule has 0 fully saturated rings. The first kappa shape index (κ1) is 13.7. The van der Waals surface area contributed by atoms with E-state index < -0.39 is 0 Å². The van der Waals surface area contributed by atoms with Gasteiger partial charge >= 0.3 is 0 Å². The minimum Gasteiger partial charge on any atom is -0.295 e. The molecular weight excluding hydrogens is 264 g/mol. The van der Waals surface area contributed by atoms with Gasteiger partial charge in [-0.3, -0.25) is 9.88 Å². The quantitative estimate of drug-likeness (QED) is 0.719. The van der Waals surface area contributed by atoms with E-state index in [1.807, 2.05) is 30.6 Å². The lowest BCUT2D eigenvalue weighted by molar-refractivity contribution is 0.230. The molecule has 1 aromatic carbocycles. The zero-order chi connectivity index (χ0) is 14.7. The van der Waals surface area contributed by atoms with Crippen molar-refractivity contribution in [1.82, 2.24) is 20.2 Å². The van der Waals surface area contributed by atoms with Crippen LogP contribution in [0, 0.1) is 0 Å². The molecule has 1 atom stereocenters. The highest BCUT2D eigenvalue weighted by atomic mass is 16.6. The van der Waals surface area contributed by atoms with Gasteiger partial charge < -0.3 is 0 Å². The molecule has 3 rings (SSSR count). The van der Waals surface area contributed by atoms with Crippen molar-refractivity contribution >= 4 is 11.0 Å². The fourth-order valence-corrected chi connectivity index (χ4v) is 2.70. The van der Waals surface area contributed by atoms with Crippen LogP contribution in [0.4, 0.5) is 0 Å². The van der Waals surface area contributed by atoms with Gasteiger partial charge in [-0.15, -0.1) is 0 Å². The molecule has 0 aliphatic carbocycles. The lowest BCUT2D eigenvalue weighted by Crippen LogP contribution is -2.23. The maximum atomic E-state index is 4.74. The van der Waals surface area contributed by atoms with E-state index in [0.717, 1.165) is 24.0 Å². The number of aromatic nitrogens is 3. The first-order valence-electron chi connectivity index (χ1n) is 7.09. The highest BCUT2D eigenvalue weighted by Gasteiger charge is 2.15. The van der Waals surface area contributed by atoms with Gasteiger partial charge in [-0.25, -0.2) is 4.63 Å². The monoisotopic (exact) mass is 282 g/mol. The van der Waals surface area contributed by atoms with E-state index in [2.05, 4.69) is 46.3 Å². The smallest absolute Gasteiger partial charge is 0.135 e. The Kier molecular flexibility index (Phi) is 3.92. The predicted octanol–water partition coefficient (Wildman–Crippen LogP) is 3.20. The van der Waals surface area contributed by atoms with Crippen molar-refractivity contribution in [3.05, 3.63) is 53.9 Å². The van der Waals surface area contributed by atoms with Crippen LogP contribution in [-0.2, 0) is 6.54 Å². The Bertz CT molecular complexity index is 710. The van der Waals surface area contributed by atoms with Crippen LogP contribution in [0.25, 0.3) is 11.0 Å². The molecule has 0 radical (unpaired) electrons. The number of nitrogens with zero attached hydrogens (tertiary/aromatic N) is 4. The Morgan fingerprint density at radius 1 is 1.19 bits per heavy atom. The SMILES string of the molecule is CC[C@H](c1cccnc1)N(C)Cc1ccc2nonc2c1. The second kappa shape index (κ2) is 6.01. The Labute approximate surface area is 123 Å². The van der Waals surface area contributed by atoms with Crippen molar-refractivity contribution < 1.29 is 4.63 Å². The molecule has 0 bridgehead atoms. The number of fused-ring (bicyclic) bond motifs is 1. The van der Waals surface area contributed by atoms with E-state index in [-0.39, 0.29) is 0 Å². The average molecular weight is 282 g/mol. The van der Waals surface area contributed by atoms with Crippen LogP contribution in [-0.4, -0.2) is 27.2 Å². The molecule has 0 saturated heterocycles. The molecule has 5 nitrogen and oxygen atoms in total. The van der Waals surface area contributed by atoms with Crippen molar-refractivity contribution in [2.75, 3.05) is 7.05 Å². The summed E-state index contributed by atoms with van der Waals surface area (Å²) >= 11 is 0. The van der Waals surface area contributed by atoms with Crippen LogP contribution < -0.4 is 0 Å². The Balaban J connectivity index is 1.79. The summed E-state index contributed by atoms with van der Waals surface area (Å²) in [5, 5.41) is 7.73. The van der Waals surface area contributed by atoms with Gasteiger partial charge in [0, 0.05) is 25.0 Å². The summed E-state index contributed by atoms with van der Waals surface area (Å²) in [7, 11) is 2.13. The predicted molar refractivity (Wildman–Crippen MR) is 80.5 cm³/mol. The Morgan fingerprint density at radius 2 is 2.05 bits per heavy atom. The van der Waals surface area contributed by atoms with Crippen LogP contribution in [0.15, 0.2) is 47.4 Å². The summed E-state index contributed by atoms with van der Waals surface area (Å²) < 4.78 is 4.74. The second-order valence-corrected chi connectivity index (χ2v) is 5.21. The molecule has 0 N–H and O–H groups in total. The molecule has 0 amide bonds. The minimum absolute atomic E-state index is 0.352. The van der Waals surface area contributed by atoms with Crippen LogP contribution >= 0.6 is 0 Å². The fraction of sp³-hybridized carbons (Fsp3) is 0.312. The maximum Gasteiger partial charge on any atom is 0.135 e. The summed E-state index contributed by atoms with van der Waals surface area (Å²) in [6.45, 7) is 3.04. The van der Waals surface area contributed by atoms with E-state index >= 15 is 0 Å². The topological polar surface area (TPSA) is 55.1 Å². The first-order chi connectivity index (χ1) is 10.3. The molecule has 0 aliphatic heterocycles. The third kappa shape index (κ3) is 2.92. The number of hydrogen-bond donors (Lipinski definition) is 0. The standard InChI is InChI=1S/C16H18N4O/c1-3-16(13-5-4-8-17-10-13)20(2)11-12-6-7-14-15(9-12)19-21-18-14/h4-10,16H,3,11H2,1-2H3/t16-/m1/s1. The molecule has 2 aromatic heterocycles. The largest absolute Gasteiger partial charge is 0.295 e.